The Morgan fingerprint density at radius 1 is 1.12 bits per heavy atom. The summed E-state index contributed by atoms with van der Waals surface area (Å²) in [6.45, 7) is 2.19. The molecular formula is C26H19ClFNO5. The second kappa shape index (κ2) is 8.50. The van der Waals surface area contributed by atoms with Gasteiger partial charge < -0.3 is 19.2 Å². The van der Waals surface area contributed by atoms with E-state index in [4.69, 9.17) is 20.8 Å². The topological polar surface area (TPSA) is 80.0 Å². The average Bonchev–Trinajstić information content (AvgIpc) is 3.09. The van der Waals surface area contributed by atoms with Crippen LogP contribution in [0.3, 0.4) is 0 Å². The molecule has 1 N–H and O–H groups in total. The van der Waals surface area contributed by atoms with Crippen molar-refractivity contribution in [3.8, 4) is 11.5 Å². The van der Waals surface area contributed by atoms with E-state index in [0.29, 0.717) is 22.8 Å². The SMILES string of the molecule is CCOc1cc([C@@H]2c3c(oc4ccc(F)cc4c3=O)C(=O)N2Cc2ccccc2Cl)ccc1O. The molecular weight excluding hydrogens is 461 g/mol. The fourth-order valence-corrected chi connectivity index (χ4v) is 4.48. The molecule has 0 spiro atoms. The minimum atomic E-state index is -0.859. The first-order valence-electron chi connectivity index (χ1n) is 10.7. The zero-order valence-electron chi connectivity index (χ0n) is 18.0. The Balaban J connectivity index is 1.74. The van der Waals surface area contributed by atoms with E-state index in [-0.39, 0.29) is 40.3 Å². The van der Waals surface area contributed by atoms with Gasteiger partial charge in [0.1, 0.15) is 11.4 Å². The van der Waals surface area contributed by atoms with E-state index in [1.165, 1.54) is 23.1 Å². The summed E-state index contributed by atoms with van der Waals surface area (Å²) in [6, 6.07) is 14.5. The van der Waals surface area contributed by atoms with E-state index in [2.05, 4.69) is 0 Å². The minimum Gasteiger partial charge on any atom is -0.504 e. The zero-order valence-corrected chi connectivity index (χ0v) is 18.8. The van der Waals surface area contributed by atoms with Gasteiger partial charge in [-0.15, -0.1) is 0 Å². The van der Waals surface area contributed by atoms with Crippen LogP contribution in [0.25, 0.3) is 11.0 Å². The first kappa shape index (κ1) is 22.0. The molecule has 1 aromatic heterocycles. The van der Waals surface area contributed by atoms with Gasteiger partial charge in [0.2, 0.25) is 5.76 Å². The van der Waals surface area contributed by atoms with Gasteiger partial charge >= 0.3 is 0 Å². The minimum absolute atomic E-state index is 0.0416. The summed E-state index contributed by atoms with van der Waals surface area (Å²) in [5.41, 5.74) is 0.938. The number of phenols is 1. The molecule has 4 aromatic rings. The van der Waals surface area contributed by atoms with Crippen molar-refractivity contribution in [2.75, 3.05) is 6.61 Å². The molecule has 0 radical (unpaired) electrons. The first-order chi connectivity index (χ1) is 16.4. The lowest BCUT2D eigenvalue weighted by Crippen LogP contribution is -2.29. The molecule has 0 saturated carbocycles. The van der Waals surface area contributed by atoms with Crippen LogP contribution in [-0.2, 0) is 6.54 Å². The first-order valence-corrected chi connectivity index (χ1v) is 11.0. The van der Waals surface area contributed by atoms with Crippen LogP contribution in [0.2, 0.25) is 5.02 Å². The molecule has 6 nitrogen and oxygen atoms in total. The molecule has 3 aromatic carbocycles. The van der Waals surface area contributed by atoms with Crippen LogP contribution in [0, 0.1) is 5.82 Å². The highest BCUT2D eigenvalue weighted by Crippen LogP contribution is 2.42. The lowest BCUT2D eigenvalue weighted by Gasteiger charge is -2.26. The normalized spacial score (nSPS) is 15.1. The molecule has 5 rings (SSSR count). The van der Waals surface area contributed by atoms with Crippen LogP contribution in [-0.4, -0.2) is 22.5 Å². The van der Waals surface area contributed by atoms with Crippen molar-refractivity contribution < 1.29 is 23.4 Å². The molecule has 0 bridgehead atoms. The van der Waals surface area contributed by atoms with E-state index in [1.807, 2.05) is 0 Å². The number of ether oxygens (including phenoxy) is 1. The number of carbonyl (C=O) groups excluding carboxylic acids is 1. The molecule has 1 aliphatic rings. The monoisotopic (exact) mass is 479 g/mol. The molecule has 0 fully saturated rings. The highest BCUT2D eigenvalue weighted by Gasteiger charge is 2.43. The standard InChI is InChI=1S/C26H19ClFNO5/c1-2-33-21-11-14(7-9-19(21)30)23-22-24(31)17-12-16(28)8-10-20(17)34-25(22)26(32)29(23)13-15-5-3-4-6-18(15)27/h3-12,23,30H,2,13H2,1H3/t23-/m1/s1. The molecule has 0 unspecified atom stereocenters. The molecule has 1 atom stereocenters. The predicted molar refractivity (Wildman–Crippen MR) is 125 cm³/mol. The van der Waals surface area contributed by atoms with Gasteiger partial charge in [0.05, 0.1) is 23.6 Å². The van der Waals surface area contributed by atoms with Crippen LogP contribution in [0.15, 0.2) is 69.9 Å². The number of carbonyl (C=O) groups is 1. The number of aromatic hydroxyl groups is 1. The summed E-state index contributed by atoms with van der Waals surface area (Å²) in [5, 5.41) is 10.7. The van der Waals surface area contributed by atoms with Gasteiger partial charge in [-0.2, -0.15) is 0 Å². The van der Waals surface area contributed by atoms with Crippen molar-refractivity contribution in [3.63, 3.8) is 0 Å². The molecule has 0 saturated heterocycles. The molecule has 172 valence electrons. The predicted octanol–water partition coefficient (Wildman–Crippen LogP) is 5.44. The Morgan fingerprint density at radius 3 is 2.68 bits per heavy atom. The number of fused-ring (bicyclic) bond motifs is 2. The Kier molecular flexibility index (Phi) is 5.49. The van der Waals surface area contributed by atoms with Crippen LogP contribution in [0.5, 0.6) is 11.5 Å². The number of hydrogen-bond donors (Lipinski definition) is 1. The van der Waals surface area contributed by atoms with Crippen molar-refractivity contribution in [3.05, 3.63) is 104 Å². The summed E-state index contributed by atoms with van der Waals surface area (Å²) in [7, 11) is 0. The van der Waals surface area contributed by atoms with E-state index < -0.39 is 23.2 Å². The van der Waals surface area contributed by atoms with Crippen LogP contribution < -0.4 is 10.2 Å². The third-order valence-electron chi connectivity index (χ3n) is 5.83. The van der Waals surface area contributed by atoms with Gasteiger partial charge in [0, 0.05) is 11.6 Å². The summed E-state index contributed by atoms with van der Waals surface area (Å²) >= 11 is 6.36. The maximum Gasteiger partial charge on any atom is 0.291 e. The fourth-order valence-electron chi connectivity index (χ4n) is 4.28. The number of phenolic OH excluding ortho intramolecular Hbond substituents is 1. The lowest BCUT2D eigenvalue weighted by molar-refractivity contribution is 0.0714. The number of rotatable bonds is 5. The van der Waals surface area contributed by atoms with E-state index in [0.717, 1.165) is 6.07 Å². The fraction of sp³-hybridized carbons (Fsp3) is 0.154. The third kappa shape index (κ3) is 3.58. The third-order valence-corrected chi connectivity index (χ3v) is 6.19. The van der Waals surface area contributed by atoms with E-state index in [9.17, 15) is 19.1 Å². The number of benzene rings is 3. The van der Waals surface area contributed by atoms with Gasteiger partial charge in [0.15, 0.2) is 16.9 Å². The Labute approximate surface area is 198 Å². The molecule has 34 heavy (non-hydrogen) atoms. The van der Waals surface area contributed by atoms with E-state index >= 15 is 0 Å². The smallest absolute Gasteiger partial charge is 0.291 e. The van der Waals surface area contributed by atoms with Crippen molar-refractivity contribution in [1.82, 2.24) is 4.90 Å². The van der Waals surface area contributed by atoms with Gasteiger partial charge in [-0.1, -0.05) is 35.9 Å². The second-order valence-electron chi connectivity index (χ2n) is 7.90. The number of halogens is 2. The Hall–Kier alpha value is -3.84. The summed E-state index contributed by atoms with van der Waals surface area (Å²) in [5.74, 6) is -1.03. The van der Waals surface area contributed by atoms with Crippen molar-refractivity contribution in [2.24, 2.45) is 0 Å². The zero-order chi connectivity index (χ0) is 24.0. The number of amides is 1. The van der Waals surface area contributed by atoms with Gasteiger partial charge in [-0.25, -0.2) is 4.39 Å². The molecule has 1 aliphatic heterocycles. The number of nitrogens with zero attached hydrogens (tertiary/aromatic N) is 1. The van der Waals surface area contributed by atoms with Crippen LogP contribution >= 0.6 is 11.6 Å². The van der Waals surface area contributed by atoms with Crippen molar-refractivity contribution >= 4 is 28.5 Å². The highest BCUT2D eigenvalue weighted by atomic mass is 35.5. The number of hydrogen-bond acceptors (Lipinski definition) is 5. The molecule has 2 heterocycles. The van der Waals surface area contributed by atoms with Crippen LogP contribution in [0.1, 0.15) is 40.2 Å². The average molecular weight is 480 g/mol. The highest BCUT2D eigenvalue weighted by molar-refractivity contribution is 6.31. The lowest BCUT2D eigenvalue weighted by atomic mass is 9.97. The maximum atomic E-state index is 13.9. The van der Waals surface area contributed by atoms with Crippen molar-refractivity contribution in [1.29, 1.82) is 0 Å². The molecule has 1 amide bonds. The van der Waals surface area contributed by atoms with Gasteiger partial charge in [-0.3, -0.25) is 9.59 Å². The van der Waals surface area contributed by atoms with Crippen molar-refractivity contribution in [2.45, 2.75) is 19.5 Å². The summed E-state index contributed by atoms with van der Waals surface area (Å²) in [4.78, 5) is 28.5. The second-order valence-corrected chi connectivity index (χ2v) is 8.31. The quantitative estimate of drug-likeness (QED) is 0.412. The summed E-state index contributed by atoms with van der Waals surface area (Å²) < 4.78 is 25.3. The van der Waals surface area contributed by atoms with Gasteiger partial charge in [0.25, 0.3) is 5.91 Å². The van der Waals surface area contributed by atoms with Crippen LogP contribution in [0.4, 0.5) is 4.39 Å². The Bertz CT molecular complexity index is 1500. The Morgan fingerprint density at radius 2 is 1.91 bits per heavy atom. The molecule has 0 aliphatic carbocycles. The largest absolute Gasteiger partial charge is 0.504 e. The van der Waals surface area contributed by atoms with E-state index in [1.54, 1.807) is 43.3 Å². The van der Waals surface area contributed by atoms with Gasteiger partial charge in [-0.05, 0) is 54.4 Å². The summed E-state index contributed by atoms with van der Waals surface area (Å²) in [6.07, 6.45) is 0. The molecule has 8 heteroatoms. The maximum absolute atomic E-state index is 13.9.